The number of aromatic amines is 1. The summed E-state index contributed by atoms with van der Waals surface area (Å²) in [4.78, 5) is 26.4. The second-order valence-electron chi connectivity index (χ2n) is 5.84. The fraction of sp³-hybridized carbons (Fsp3) is 0.211. The average Bonchev–Trinajstić information content (AvgIpc) is 3.09. The van der Waals surface area contributed by atoms with Gasteiger partial charge in [-0.15, -0.1) is 0 Å². The van der Waals surface area contributed by atoms with Gasteiger partial charge >= 0.3 is 0 Å². The summed E-state index contributed by atoms with van der Waals surface area (Å²) < 4.78 is 0. The summed E-state index contributed by atoms with van der Waals surface area (Å²) in [7, 11) is 0. The van der Waals surface area contributed by atoms with Gasteiger partial charge in [0.2, 0.25) is 5.91 Å². The van der Waals surface area contributed by atoms with Gasteiger partial charge in [0.25, 0.3) is 5.91 Å². The number of benzene rings is 2. The van der Waals surface area contributed by atoms with Gasteiger partial charge < -0.3 is 10.2 Å². The van der Waals surface area contributed by atoms with Crippen LogP contribution in [0.4, 0.5) is 0 Å². The maximum Gasteiger partial charge on any atom is 0.275 e. The van der Waals surface area contributed by atoms with Crippen molar-refractivity contribution in [1.29, 1.82) is 0 Å². The first-order valence-electron chi connectivity index (χ1n) is 8.32. The molecule has 26 heavy (non-hydrogen) atoms. The summed E-state index contributed by atoms with van der Waals surface area (Å²) >= 11 is 5.85. The summed E-state index contributed by atoms with van der Waals surface area (Å²) in [6.45, 7) is 2.60. The third-order valence-corrected chi connectivity index (χ3v) is 4.33. The molecular formula is C19H19ClN4O2. The molecule has 2 amide bonds. The van der Waals surface area contributed by atoms with Crippen LogP contribution >= 0.6 is 11.6 Å². The summed E-state index contributed by atoms with van der Waals surface area (Å²) in [5.74, 6) is -0.499. The molecule has 7 heteroatoms. The molecule has 0 atom stereocenters. The number of para-hydroxylation sites is 1. The number of aromatic nitrogens is 2. The Balaban J connectivity index is 1.63. The van der Waals surface area contributed by atoms with Crippen LogP contribution < -0.4 is 5.32 Å². The molecule has 2 aromatic carbocycles. The Bertz CT molecular complexity index is 921. The monoisotopic (exact) mass is 370 g/mol. The minimum atomic E-state index is -0.272. The molecule has 0 radical (unpaired) electrons. The highest BCUT2D eigenvalue weighted by Gasteiger charge is 2.21. The zero-order chi connectivity index (χ0) is 18.5. The number of fused-ring (bicyclic) bond motifs is 1. The van der Waals surface area contributed by atoms with Gasteiger partial charge in [0.15, 0.2) is 5.69 Å². The fourth-order valence-electron chi connectivity index (χ4n) is 2.64. The number of hydrogen-bond acceptors (Lipinski definition) is 3. The molecule has 3 rings (SSSR count). The highest BCUT2D eigenvalue weighted by molar-refractivity contribution is 6.30. The lowest BCUT2D eigenvalue weighted by molar-refractivity contribution is -0.121. The van der Waals surface area contributed by atoms with Crippen molar-refractivity contribution in [3.05, 3.63) is 64.8 Å². The smallest absolute Gasteiger partial charge is 0.275 e. The second kappa shape index (κ2) is 8.01. The first-order valence-corrected chi connectivity index (χ1v) is 8.69. The molecule has 0 aliphatic carbocycles. The van der Waals surface area contributed by atoms with E-state index in [0.29, 0.717) is 23.8 Å². The largest absolute Gasteiger partial charge is 0.350 e. The lowest BCUT2D eigenvalue weighted by Gasteiger charge is -2.19. The van der Waals surface area contributed by atoms with Crippen LogP contribution in [-0.2, 0) is 11.3 Å². The van der Waals surface area contributed by atoms with Crippen LogP contribution in [0.1, 0.15) is 23.0 Å². The minimum absolute atomic E-state index is 0.0237. The molecule has 3 aromatic rings. The quantitative estimate of drug-likeness (QED) is 0.700. The predicted molar refractivity (Wildman–Crippen MR) is 101 cm³/mol. The lowest BCUT2D eigenvalue weighted by Crippen LogP contribution is -2.40. The Labute approximate surface area is 156 Å². The van der Waals surface area contributed by atoms with Crippen molar-refractivity contribution in [2.75, 3.05) is 13.1 Å². The molecule has 0 saturated heterocycles. The van der Waals surface area contributed by atoms with Crippen LogP contribution in [0.15, 0.2) is 48.5 Å². The van der Waals surface area contributed by atoms with Crippen LogP contribution in [0.2, 0.25) is 5.02 Å². The van der Waals surface area contributed by atoms with Gasteiger partial charge in [0.1, 0.15) is 0 Å². The SMILES string of the molecule is CCN(CC(=O)NCc1ccc(Cl)cc1)C(=O)c1n[nH]c2ccccc12. The van der Waals surface area contributed by atoms with E-state index in [9.17, 15) is 9.59 Å². The number of likely N-dealkylation sites (N-methyl/N-ethyl adjacent to an activating group) is 1. The van der Waals surface area contributed by atoms with E-state index in [1.54, 1.807) is 12.1 Å². The average molecular weight is 371 g/mol. The first-order chi connectivity index (χ1) is 12.6. The standard InChI is InChI=1S/C19H19ClN4O2/c1-2-24(12-17(25)21-11-13-7-9-14(20)10-8-13)19(26)18-15-5-3-4-6-16(15)22-23-18/h3-10H,2,11-12H2,1H3,(H,21,25)(H,22,23). The van der Waals surface area contributed by atoms with Gasteiger partial charge in [-0.05, 0) is 30.7 Å². The summed E-state index contributed by atoms with van der Waals surface area (Å²) in [5, 5.41) is 11.2. The summed E-state index contributed by atoms with van der Waals surface area (Å²) in [6, 6.07) is 14.7. The molecule has 6 nitrogen and oxygen atoms in total. The van der Waals surface area contributed by atoms with Crippen LogP contribution in [0.5, 0.6) is 0 Å². The Kier molecular flexibility index (Phi) is 5.53. The van der Waals surface area contributed by atoms with E-state index >= 15 is 0 Å². The first kappa shape index (κ1) is 17.9. The van der Waals surface area contributed by atoms with Crippen molar-refractivity contribution in [3.8, 4) is 0 Å². The minimum Gasteiger partial charge on any atom is -0.350 e. The number of halogens is 1. The molecule has 0 unspecified atom stereocenters. The summed E-state index contributed by atoms with van der Waals surface area (Å²) in [6.07, 6.45) is 0. The molecule has 0 aliphatic heterocycles. The molecule has 0 aliphatic rings. The van der Waals surface area contributed by atoms with Crippen molar-refractivity contribution in [2.45, 2.75) is 13.5 Å². The van der Waals surface area contributed by atoms with Crippen LogP contribution in [0.3, 0.4) is 0 Å². The topological polar surface area (TPSA) is 78.1 Å². The number of H-pyrrole nitrogens is 1. The van der Waals surface area contributed by atoms with Crippen molar-refractivity contribution < 1.29 is 9.59 Å². The number of rotatable bonds is 6. The normalized spacial score (nSPS) is 10.7. The second-order valence-corrected chi connectivity index (χ2v) is 6.28. The van der Waals surface area contributed by atoms with Crippen molar-refractivity contribution >= 4 is 34.3 Å². The molecule has 0 bridgehead atoms. The van der Waals surface area contributed by atoms with E-state index < -0.39 is 0 Å². The van der Waals surface area contributed by atoms with Gasteiger partial charge in [0.05, 0.1) is 12.1 Å². The van der Waals surface area contributed by atoms with E-state index in [1.165, 1.54) is 4.90 Å². The van der Waals surface area contributed by atoms with Gasteiger partial charge in [0, 0.05) is 23.5 Å². The van der Waals surface area contributed by atoms with Crippen molar-refractivity contribution in [2.24, 2.45) is 0 Å². The molecular weight excluding hydrogens is 352 g/mol. The number of nitrogens with one attached hydrogen (secondary N) is 2. The third-order valence-electron chi connectivity index (χ3n) is 4.08. The number of carbonyl (C=O) groups excluding carboxylic acids is 2. The summed E-state index contributed by atoms with van der Waals surface area (Å²) in [5.41, 5.74) is 2.06. The van der Waals surface area contributed by atoms with Crippen molar-refractivity contribution in [1.82, 2.24) is 20.4 Å². The zero-order valence-corrected chi connectivity index (χ0v) is 15.1. The highest BCUT2D eigenvalue weighted by atomic mass is 35.5. The lowest BCUT2D eigenvalue weighted by atomic mass is 10.2. The van der Waals surface area contributed by atoms with Gasteiger partial charge in [-0.2, -0.15) is 5.10 Å². The molecule has 2 N–H and O–H groups in total. The van der Waals surface area contributed by atoms with Crippen LogP contribution in [-0.4, -0.2) is 40.0 Å². The maximum absolute atomic E-state index is 12.7. The van der Waals surface area contributed by atoms with E-state index in [0.717, 1.165) is 16.5 Å². The molecule has 0 spiro atoms. The molecule has 134 valence electrons. The van der Waals surface area contributed by atoms with Gasteiger partial charge in [-0.3, -0.25) is 14.7 Å². The number of carbonyl (C=O) groups is 2. The molecule has 0 fully saturated rings. The van der Waals surface area contributed by atoms with Crippen LogP contribution in [0, 0.1) is 0 Å². The Morgan fingerprint density at radius 1 is 1.15 bits per heavy atom. The number of amides is 2. The van der Waals surface area contributed by atoms with Crippen LogP contribution in [0.25, 0.3) is 10.9 Å². The predicted octanol–water partition coefficient (Wildman–Crippen LogP) is 2.99. The van der Waals surface area contributed by atoms with E-state index in [-0.39, 0.29) is 18.4 Å². The van der Waals surface area contributed by atoms with E-state index in [4.69, 9.17) is 11.6 Å². The highest BCUT2D eigenvalue weighted by Crippen LogP contribution is 2.16. The zero-order valence-electron chi connectivity index (χ0n) is 14.3. The Morgan fingerprint density at radius 2 is 1.88 bits per heavy atom. The maximum atomic E-state index is 12.7. The Morgan fingerprint density at radius 3 is 2.62 bits per heavy atom. The molecule has 1 aromatic heterocycles. The van der Waals surface area contributed by atoms with E-state index in [2.05, 4.69) is 15.5 Å². The van der Waals surface area contributed by atoms with E-state index in [1.807, 2.05) is 43.3 Å². The van der Waals surface area contributed by atoms with Gasteiger partial charge in [-0.25, -0.2) is 0 Å². The number of nitrogens with zero attached hydrogens (tertiary/aromatic N) is 2. The molecule has 0 saturated carbocycles. The number of hydrogen-bond donors (Lipinski definition) is 2. The van der Waals surface area contributed by atoms with Crippen molar-refractivity contribution in [3.63, 3.8) is 0 Å². The fourth-order valence-corrected chi connectivity index (χ4v) is 2.76. The Hall–Kier alpha value is -2.86. The van der Waals surface area contributed by atoms with Gasteiger partial charge in [-0.1, -0.05) is 41.9 Å². The molecule has 1 heterocycles. The third kappa shape index (κ3) is 4.03.